The van der Waals surface area contributed by atoms with Crippen LogP contribution in [0.4, 0.5) is 0 Å². The quantitative estimate of drug-likeness (QED) is 0.568. The minimum Gasteiger partial charge on any atom is -0.382 e. The number of nitrogens with zero attached hydrogens (tertiary/aromatic N) is 3. The van der Waals surface area contributed by atoms with Crippen LogP contribution in [0.25, 0.3) is 11.1 Å². The lowest BCUT2D eigenvalue weighted by molar-refractivity contribution is 0.0426. The summed E-state index contributed by atoms with van der Waals surface area (Å²) in [5.41, 5.74) is 11.8. The molecule has 4 rings (SSSR count). The number of ether oxygens (including phenoxy) is 1. The number of aromatic nitrogens is 1. The normalized spacial score (nSPS) is 24.7. The standard InChI is InChI=1S/C26H33B3N4O/c1-16-4-5-19(20-12-18(14-31-15-20)10-11-25(27,28)29)13-23(16)26(32-17(2)24(30)33-26)21-6-8-22(34-3)9-7-21/h4-5,12-15,21-22H,6-9,27-29H2,1-3H3,(H2,30,33). The van der Waals surface area contributed by atoms with Crippen molar-refractivity contribution in [2.24, 2.45) is 21.6 Å². The molecule has 2 N–H and O–H groups in total. The molecule has 2 heterocycles. The Morgan fingerprint density at radius 2 is 1.76 bits per heavy atom. The van der Waals surface area contributed by atoms with Gasteiger partial charge in [-0.1, -0.05) is 23.2 Å². The Morgan fingerprint density at radius 1 is 1.03 bits per heavy atom. The van der Waals surface area contributed by atoms with Crippen LogP contribution in [-0.4, -0.2) is 53.3 Å². The number of hydrogen-bond acceptors (Lipinski definition) is 5. The minimum atomic E-state index is -0.677. The fraction of sp³-hybridized carbons (Fsp3) is 0.423. The molecule has 34 heavy (non-hydrogen) atoms. The Morgan fingerprint density at radius 3 is 2.38 bits per heavy atom. The molecule has 2 aromatic rings. The van der Waals surface area contributed by atoms with Crippen LogP contribution in [0.15, 0.2) is 46.6 Å². The number of rotatable bonds is 4. The summed E-state index contributed by atoms with van der Waals surface area (Å²) in [4.78, 5) is 14.6. The maximum absolute atomic E-state index is 6.31. The average molecular weight is 450 g/mol. The van der Waals surface area contributed by atoms with Crippen molar-refractivity contribution in [1.29, 1.82) is 0 Å². The highest BCUT2D eigenvalue weighted by Crippen LogP contribution is 2.47. The first-order chi connectivity index (χ1) is 16.1. The van der Waals surface area contributed by atoms with Gasteiger partial charge < -0.3 is 10.5 Å². The fourth-order valence-electron chi connectivity index (χ4n) is 4.95. The van der Waals surface area contributed by atoms with Gasteiger partial charge in [0.25, 0.3) is 0 Å². The Hall–Kier alpha value is -2.78. The van der Waals surface area contributed by atoms with E-state index in [0.717, 1.165) is 53.6 Å². The summed E-state index contributed by atoms with van der Waals surface area (Å²) in [6.45, 7) is 4.10. The first kappa shape index (κ1) is 24.4. The van der Waals surface area contributed by atoms with Gasteiger partial charge in [-0.05, 0) is 62.8 Å². The van der Waals surface area contributed by atoms with Crippen LogP contribution >= 0.6 is 0 Å². The minimum absolute atomic E-state index is 0.0580. The van der Waals surface area contributed by atoms with Crippen molar-refractivity contribution in [3.05, 3.63) is 53.3 Å². The number of aryl methyl sites for hydroxylation is 1. The Balaban J connectivity index is 1.77. The van der Waals surface area contributed by atoms with Crippen LogP contribution in [-0.2, 0) is 10.4 Å². The van der Waals surface area contributed by atoms with E-state index in [9.17, 15) is 0 Å². The first-order valence-electron chi connectivity index (χ1n) is 12.2. The Kier molecular flexibility index (Phi) is 6.78. The summed E-state index contributed by atoms with van der Waals surface area (Å²) >= 11 is 0. The summed E-state index contributed by atoms with van der Waals surface area (Å²) < 4.78 is 5.62. The maximum Gasteiger partial charge on any atom is 0.181 e. The van der Waals surface area contributed by atoms with Crippen LogP contribution in [0, 0.1) is 24.7 Å². The molecule has 1 aliphatic heterocycles. The van der Waals surface area contributed by atoms with Gasteiger partial charge in [-0.3, -0.25) is 9.98 Å². The zero-order valence-corrected chi connectivity index (χ0v) is 21.3. The van der Waals surface area contributed by atoms with E-state index in [2.05, 4.69) is 71.6 Å². The van der Waals surface area contributed by atoms with Gasteiger partial charge in [0.1, 0.15) is 29.4 Å². The van der Waals surface area contributed by atoms with Gasteiger partial charge >= 0.3 is 0 Å². The lowest BCUT2D eigenvalue weighted by Crippen LogP contribution is -2.36. The zero-order chi connectivity index (χ0) is 24.5. The lowest BCUT2D eigenvalue weighted by atomic mass is 9.43. The molecular weight excluding hydrogens is 417 g/mol. The van der Waals surface area contributed by atoms with Crippen LogP contribution in [0.2, 0.25) is 5.11 Å². The maximum atomic E-state index is 6.31. The van der Waals surface area contributed by atoms with E-state index >= 15 is 0 Å². The second-order valence-corrected chi connectivity index (χ2v) is 10.6. The molecule has 1 unspecified atom stereocenters. The smallest absolute Gasteiger partial charge is 0.181 e. The largest absolute Gasteiger partial charge is 0.382 e. The highest BCUT2D eigenvalue weighted by Gasteiger charge is 2.46. The number of benzene rings is 1. The summed E-state index contributed by atoms with van der Waals surface area (Å²) in [7, 11) is 8.13. The molecule has 172 valence electrons. The van der Waals surface area contributed by atoms with Gasteiger partial charge in [0.05, 0.1) is 11.8 Å². The topological polar surface area (TPSA) is 72.9 Å². The van der Waals surface area contributed by atoms with Gasteiger partial charge in [0.15, 0.2) is 5.66 Å². The molecule has 0 spiro atoms. The van der Waals surface area contributed by atoms with Crippen LogP contribution in [0.5, 0.6) is 0 Å². The van der Waals surface area contributed by atoms with Gasteiger partial charge in [-0.2, -0.15) is 0 Å². The van der Waals surface area contributed by atoms with E-state index in [1.165, 1.54) is 5.56 Å². The number of hydrogen-bond donors (Lipinski definition) is 1. The fourth-order valence-corrected chi connectivity index (χ4v) is 4.95. The number of pyridine rings is 1. The summed E-state index contributed by atoms with van der Waals surface area (Å²) in [6, 6.07) is 8.65. The molecular formula is C26H33B3N4O. The van der Waals surface area contributed by atoms with Crippen LogP contribution in [0.3, 0.4) is 0 Å². The number of amidine groups is 1. The van der Waals surface area contributed by atoms with Crippen molar-refractivity contribution in [1.82, 2.24) is 4.98 Å². The first-order valence-corrected chi connectivity index (χ1v) is 12.2. The molecule has 1 saturated carbocycles. The van der Waals surface area contributed by atoms with Gasteiger partial charge in [0, 0.05) is 42.1 Å². The number of nitrogens with two attached hydrogens (primary N) is 1. The van der Waals surface area contributed by atoms with Crippen LogP contribution < -0.4 is 5.73 Å². The summed E-state index contributed by atoms with van der Waals surface area (Å²) in [5, 5.41) is -0.0580. The van der Waals surface area contributed by atoms with Crippen molar-refractivity contribution in [3.63, 3.8) is 0 Å². The van der Waals surface area contributed by atoms with Gasteiger partial charge in [0.2, 0.25) is 0 Å². The zero-order valence-electron chi connectivity index (χ0n) is 21.3. The monoisotopic (exact) mass is 450 g/mol. The average Bonchev–Trinajstić information content (AvgIpc) is 3.12. The molecule has 1 atom stereocenters. The molecule has 1 aliphatic carbocycles. The third-order valence-electron chi connectivity index (χ3n) is 6.86. The van der Waals surface area contributed by atoms with Crippen molar-refractivity contribution < 1.29 is 4.74 Å². The second-order valence-electron chi connectivity index (χ2n) is 10.6. The third kappa shape index (κ3) is 5.00. The predicted octanol–water partition coefficient (Wildman–Crippen LogP) is 1.57. The summed E-state index contributed by atoms with van der Waals surface area (Å²) in [5.74, 6) is 7.40. The van der Waals surface area contributed by atoms with Gasteiger partial charge in [-0.15, -0.1) is 5.92 Å². The van der Waals surface area contributed by atoms with Crippen molar-refractivity contribution in [3.8, 4) is 23.0 Å². The number of methoxy groups -OCH3 is 1. The molecule has 5 nitrogen and oxygen atoms in total. The molecule has 1 aromatic carbocycles. The van der Waals surface area contributed by atoms with Crippen molar-refractivity contribution in [2.45, 2.75) is 56.4 Å². The van der Waals surface area contributed by atoms with E-state index in [4.69, 9.17) is 20.5 Å². The van der Waals surface area contributed by atoms with E-state index in [1.54, 1.807) is 7.11 Å². The molecule has 1 fully saturated rings. The SMILES string of the molecule is BC(B)(B)C#Cc1cncc(-c2ccc(C)c(C3(C4CCC(OC)CC4)N=C(C)C(N)=N3)c2)c1. The molecule has 1 aromatic heterocycles. The highest BCUT2D eigenvalue weighted by atomic mass is 16.5. The van der Waals surface area contributed by atoms with E-state index in [1.807, 2.05) is 19.3 Å². The molecule has 0 saturated heterocycles. The Labute approximate surface area is 206 Å². The summed E-state index contributed by atoms with van der Waals surface area (Å²) in [6.07, 6.45) is 8.09. The van der Waals surface area contributed by atoms with E-state index in [0.29, 0.717) is 11.9 Å². The number of aliphatic imine (C=N–C) groups is 2. The molecule has 0 bridgehead atoms. The molecule has 0 radical (unpaired) electrons. The third-order valence-corrected chi connectivity index (χ3v) is 6.86. The van der Waals surface area contributed by atoms with Gasteiger partial charge in [-0.25, -0.2) is 4.99 Å². The van der Waals surface area contributed by atoms with Crippen molar-refractivity contribution >= 4 is 35.1 Å². The van der Waals surface area contributed by atoms with Crippen molar-refractivity contribution in [2.75, 3.05) is 7.11 Å². The molecule has 2 aliphatic rings. The Bertz CT molecular complexity index is 1180. The predicted molar refractivity (Wildman–Crippen MR) is 149 cm³/mol. The van der Waals surface area contributed by atoms with Crippen LogP contribution in [0.1, 0.15) is 49.3 Å². The second kappa shape index (κ2) is 9.46. The lowest BCUT2D eigenvalue weighted by Gasteiger charge is -2.38. The van der Waals surface area contributed by atoms with E-state index < -0.39 is 5.66 Å². The molecule has 8 heteroatoms. The highest BCUT2D eigenvalue weighted by molar-refractivity contribution is 6.61. The molecule has 0 amide bonds. The van der Waals surface area contributed by atoms with E-state index in [-0.39, 0.29) is 11.0 Å².